The molecule has 0 radical (unpaired) electrons. The van der Waals surface area contributed by atoms with Crippen molar-refractivity contribution in [3.63, 3.8) is 0 Å². The van der Waals surface area contributed by atoms with Crippen LogP contribution in [0.15, 0.2) is 91.3 Å². The van der Waals surface area contributed by atoms with E-state index in [1.54, 1.807) is 30.3 Å². The Bertz CT molecular complexity index is 1770. The molecule has 0 aliphatic heterocycles. The minimum atomic E-state index is -0.237. The molecule has 0 aliphatic carbocycles. The van der Waals surface area contributed by atoms with Crippen molar-refractivity contribution in [2.75, 3.05) is 31.3 Å². The maximum Gasteiger partial charge on any atom is 0.255 e. The summed E-state index contributed by atoms with van der Waals surface area (Å²) in [6.07, 6.45) is 7.69. The van der Waals surface area contributed by atoms with E-state index < -0.39 is 0 Å². The zero-order chi connectivity index (χ0) is 29.6. The van der Waals surface area contributed by atoms with E-state index in [4.69, 9.17) is 4.98 Å². The summed E-state index contributed by atoms with van der Waals surface area (Å²) in [5.74, 6) is 0.252. The molecule has 0 unspecified atom stereocenters. The van der Waals surface area contributed by atoms with Gasteiger partial charge in [0, 0.05) is 64.8 Å². The molecule has 3 aromatic carbocycles. The Kier molecular flexibility index (Phi) is 8.55. The van der Waals surface area contributed by atoms with Gasteiger partial charge in [0.1, 0.15) is 5.82 Å². The lowest BCUT2D eigenvalue weighted by molar-refractivity contribution is -0.111. The van der Waals surface area contributed by atoms with E-state index in [0.717, 1.165) is 33.3 Å². The number of nitrogens with one attached hydrogen (secondary N) is 3. The Hall–Kier alpha value is -5.08. The average molecular weight is 559 g/mol. The van der Waals surface area contributed by atoms with Gasteiger partial charge < -0.3 is 20.5 Å². The van der Waals surface area contributed by atoms with Crippen LogP contribution in [0.4, 0.5) is 11.4 Å². The molecule has 0 saturated carbocycles. The fourth-order valence-corrected chi connectivity index (χ4v) is 4.74. The van der Waals surface area contributed by atoms with Crippen molar-refractivity contribution in [1.29, 1.82) is 0 Å². The fourth-order valence-electron chi connectivity index (χ4n) is 4.74. The molecule has 2 amide bonds. The number of amides is 2. The molecule has 5 aromatic rings. The van der Waals surface area contributed by atoms with E-state index >= 15 is 0 Å². The fraction of sp³-hybridized carbons (Fsp3) is 0.176. The van der Waals surface area contributed by atoms with E-state index in [1.807, 2.05) is 62.6 Å². The molecule has 0 fully saturated rings. The molecule has 3 N–H and O–H groups in total. The molecule has 0 aliphatic rings. The number of aryl methyl sites for hydroxylation is 2. The van der Waals surface area contributed by atoms with E-state index in [-0.39, 0.29) is 11.8 Å². The number of aromatic nitrogens is 3. The second kappa shape index (κ2) is 12.6. The standard InChI is InChI=1S/C34H34N6O2/c1-22-8-5-11-28-29(21-36-32(22)28)33-23(2)20-35-30(39-33)19-24-9-6-10-27(18-24)38-34(42)25-13-15-26(16-14-25)37-31(41)12-7-17-40(3)4/h5-16,18,20-21,36H,17,19H2,1-4H3,(H,37,41)(H,38,42)/b12-7+. The first kappa shape index (κ1) is 28.4. The summed E-state index contributed by atoms with van der Waals surface area (Å²) in [5.41, 5.74) is 8.05. The first-order valence-corrected chi connectivity index (χ1v) is 13.8. The largest absolute Gasteiger partial charge is 0.360 e. The van der Waals surface area contributed by atoms with E-state index in [2.05, 4.69) is 45.7 Å². The molecular formula is C34H34N6O2. The third-order valence-corrected chi connectivity index (χ3v) is 6.90. The minimum Gasteiger partial charge on any atom is -0.360 e. The summed E-state index contributed by atoms with van der Waals surface area (Å²) in [6.45, 7) is 4.79. The van der Waals surface area contributed by atoms with Crippen LogP contribution >= 0.6 is 0 Å². The Morgan fingerprint density at radius 1 is 0.929 bits per heavy atom. The number of aromatic amines is 1. The van der Waals surface area contributed by atoms with Crippen molar-refractivity contribution in [2.24, 2.45) is 0 Å². The SMILES string of the molecule is Cc1cnc(Cc2cccc(NC(=O)c3ccc(NC(=O)/C=C/CN(C)C)cc3)c2)nc1-c1c[nH]c2c(C)cccc12. The Morgan fingerprint density at radius 2 is 1.71 bits per heavy atom. The first-order valence-electron chi connectivity index (χ1n) is 13.8. The number of hydrogen-bond donors (Lipinski definition) is 3. The van der Waals surface area contributed by atoms with Crippen LogP contribution in [0.1, 0.15) is 32.9 Å². The van der Waals surface area contributed by atoms with Crippen LogP contribution in [0.3, 0.4) is 0 Å². The van der Waals surface area contributed by atoms with Crippen molar-refractivity contribution in [3.8, 4) is 11.3 Å². The summed E-state index contributed by atoms with van der Waals surface area (Å²) in [7, 11) is 3.87. The molecule has 8 nitrogen and oxygen atoms in total. The molecule has 0 spiro atoms. The number of benzene rings is 3. The van der Waals surface area contributed by atoms with Crippen LogP contribution in [0, 0.1) is 13.8 Å². The van der Waals surface area contributed by atoms with Gasteiger partial charge >= 0.3 is 0 Å². The van der Waals surface area contributed by atoms with Gasteiger partial charge in [0.05, 0.1) is 5.69 Å². The van der Waals surface area contributed by atoms with Gasteiger partial charge in [0.2, 0.25) is 5.91 Å². The number of para-hydroxylation sites is 1. The van der Waals surface area contributed by atoms with Gasteiger partial charge in [-0.1, -0.05) is 36.4 Å². The zero-order valence-corrected chi connectivity index (χ0v) is 24.2. The van der Waals surface area contributed by atoms with Gasteiger partial charge in [0.15, 0.2) is 0 Å². The molecule has 2 aromatic heterocycles. The van der Waals surface area contributed by atoms with Gasteiger partial charge in [-0.2, -0.15) is 0 Å². The molecular weight excluding hydrogens is 524 g/mol. The third kappa shape index (κ3) is 6.79. The highest BCUT2D eigenvalue weighted by Gasteiger charge is 2.14. The number of H-pyrrole nitrogens is 1. The van der Waals surface area contributed by atoms with E-state index in [1.165, 1.54) is 11.6 Å². The van der Waals surface area contributed by atoms with Gasteiger partial charge in [-0.05, 0) is 81.0 Å². The Labute approximate surface area is 245 Å². The molecule has 0 bridgehead atoms. The molecule has 2 heterocycles. The lowest BCUT2D eigenvalue weighted by Gasteiger charge is -2.10. The van der Waals surface area contributed by atoms with E-state index in [9.17, 15) is 9.59 Å². The second-order valence-electron chi connectivity index (χ2n) is 10.6. The van der Waals surface area contributed by atoms with Crippen LogP contribution < -0.4 is 10.6 Å². The van der Waals surface area contributed by atoms with Crippen LogP contribution in [-0.2, 0) is 11.2 Å². The predicted octanol–water partition coefficient (Wildman–Crippen LogP) is 6.14. The average Bonchev–Trinajstić information content (AvgIpc) is 3.40. The number of likely N-dealkylation sites (N-methyl/N-ethyl adjacent to an activating group) is 1. The van der Waals surface area contributed by atoms with Crippen LogP contribution in [0.5, 0.6) is 0 Å². The minimum absolute atomic E-state index is 0.216. The topological polar surface area (TPSA) is 103 Å². The van der Waals surface area contributed by atoms with Crippen molar-refractivity contribution in [2.45, 2.75) is 20.3 Å². The van der Waals surface area contributed by atoms with Gasteiger partial charge in [-0.15, -0.1) is 0 Å². The van der Waals surface area contributed by atoms with Crippen molar-refractivity contribution in [1.82, 2.24) is 19.9 Å². The van der Waals surface area contributed by atoms with Gasteiger partial charge in [-0.25, -0.2) is 9.97 Å². The molecule has 212 valence electrons. The van der Waals surface area contributed by atoms with Gasteiger partial charge in [-0.3, -0.25) is 9.59 Å². The molecule has 0 atom stereocenters. The molecule has 8 heteroatoms. The summed E-state index contributed by atoms with van der Waals surface area (Å²) >= 11 is 0. The lowest BCUT2D eigenvalue weighted by Crippen LogP contribution is -2.14. The number of nitrogens with zero attached hydrogens (tertiary/aromatic N) is 3. The molecule has 42 heavy (non-hydrogen) atoms. The predicted molar refractivity (Wildman–Crippen MR) is 169 cm³/mol. The van der Waals surface area contributed by atoms with Crippen molar-refractivity contribution in [3.05, 3.63) is 119 Å². The van der Waals surface area contributed by atoms with Crippen LogP contribution in [0.2, 0.25) is 0 Å². The zero-order valence-electron chi connectivity index (χ0n) is 24.2. The molecule has 0 saturated heterocycles. The number of carbonyl (C=O) groups excluding carboxylic acids is 2. The van der Waals surface area contributed by atoms with Crippen molar-refractivity contribution < 1.29 is 9.59 Å². The third-order valence-electron chi connectivity index (χ3n) is 6.90. The van der Waals surface area contributed by atoms with Gasteiger partial charge in [0.25, 0.3) is 5.91 Å². The number of anilines is 2. The number of carbonyl (C=O) groups is 2. The van der Waals surface area contributed by atoms with Crippen LogP contribution in [-0.4, -0.2) is 52.3 Å². The maximum absolute atomic E-state index is 12.9. The number of fused-ring (bicyclic) bond motifs is 1. The summed E-state index contributed by atoms with van der Waals surface area (Å²) in [5, 5.41) is 6.90. The van der Waals surface area contributed by atoms with Crippen molar-refractivity contribution >= 4 is 34.1 Å². The monoisotopic (exact) mass is 558 g/mol. The highest BCUT2D eigenvalue weighted by atomic mass is 16.2. The Balaban J connectivity index is 1.25. The van der Waals surface area contributed by atoms with E-state index in [0.29, 0.717) is 35.7 Å². The summed E-state index contributed by atoms with van der Waals surface area (Å²) in [4.78, 5) is 39.9. The summed E-state index contributed by atoms with van der Waals surface area (Å²) in [6, 6.07) is 20.8. The number of hydrogen-bond acceptors (Lipinski definition) is 5. The summed E-state index contributed by atoms with van der Waals surface area (Å²) < 4.78 is 0. The first-order chi connectivity index (χ1) is 20.3. The highest BCUT2D eigenvalue weighted by Crippen LogP contribution is 2.31. The molecule has 5 rings (SSSR count). The lowest BCUT2D eigenvalue weighted by atomic mass is 10.0. The quantitative estimate of drug-likeness (QED) is 0.189. The Morgan fingerprint density at radius 3 is 2.50 bits per heavy atom. The van der Waals surface area contributed by atoms with Crippen LogP contribution in [0.25, 0.3) is 22.2 Å². The normalized spacial score (nSPS) is 11.4. The second-order valence-corrected chi connectivity index (χ2v) is 10.6. The highest BCUT2D eigenvalue weighted by molar-refractivity contribution is 6.05. The maximum atomic E-state index is 12.9. The number of rotatable bonds is 9. The smallest absolute Gasteiger partial charge is 0.255 e.